The number of rotatable bonds is 3. The van der Waals surface area contributed by atoms with Crippen LogP contribution in [0.2, 0.25) is 0 Å². The summed E-state index contributed by atoms with van der Waals surface area (Å²) in [6.45, 7) is 7.43. The van der Waals surface area contributed by atoms with Crippen molar-refractivity contribution in [2.45, 2.75) is 42.7 Å². The minimum atomic E-state index is -3.42. The van der Waals surface area contributed by atoms with E-state index in [0.717, 1.165) is 23.3 Å². The van der Waals surface area contributed by atoms with Crippen LogP contribution in [0.5, 0.6) is 0 Å². The molecule has 1 fully saturated rings. The minimum absolute atomic E-state index is 0.138. The Kier molecular flexibility index (Phi) is 5.29. The topological polar surface area (TPSA) is 37.4 Å². The standard InChI is InChI=1S/C15H22ClNO2S2/c1-12-4-5-14(10-13(12)11-16)21(18,19)17-7-6-15(2,3)20-9-8-17/h4-5,10H,6-9,11H2,1-3H3. The first-order valence-electron chi connectivity index (χ1n) is 7.06. The largest absolute Gasteiger partial charge is 0.243 e. The molecular weight excluding hydrogens is 326 g/mol. The number of hydrogen-bond donors (Lipinski definition) is 0. The van der Waals surface area contributed by atoms with Gasteiger partial charge in [0.15, 0.2) is 0 Å². The van der Waals surface area contributed by atoms with Gasteiger partial charge in [0.05, 0.1) is 4.90 Å². The number of thioether (sulfide) groups is 1. The molecule has 1 heterocycles. The lowest BCUT2D eigenvalue weighted by atomic mass is 10.1. The summed E-state index contributed by atoms with van der Waals surface area (Å²) in [7, 11) is -3.42. The third-order valence-corrected chi connectivity index (χ3v) is 7.45. The van der Waals surface area contributed by atoms with Gasteiger partial charge >= 0.3 is 0 Å². The van der Waals surface area contributed by atoms with E-state index in [2.05, 4.69) is 13.8 Å². The lowest BCUT2D eigenvalue weighted by molar-refractivity contribution is 0.415. The van der Waals surface area contributed by atoms with Crippen LogP contribution in [0.25, 0.3) is 0 Å². The third kappa shape index (κ3) is 3.95. The normalized spacial score (nSPS) is 20.2. The van der Waals surface area contributed by atoms with E-state index in [1.807, 2.05) is 24.8 Å². The molecule has 3 nitrogen and oxygen atoms in total. The Bertz CT molecular complexity index is 614. The van der Waals surface area contributed by atoms with Crippen LogP contribution < -0.4 is 0 Å². The lowest BCUT2D eigenvalue weighted by Crippen LogP contribution is -2.33. The Morgan fingerprint density at radius 1 is 1.33 bits per heavy atom. The van der Waals surface area contributed by atoms with Crippen LogP contribution >= 0.6 is 23.4 Å². The van der Waals surface area contributed by atoms with E-state index in [-0.39, 0.29) is 4.75 Å². The summed E-state index contributed by atoms with van der Waals surface area (Å²) >= 11 is 7.73. The second kappa shape index (κ2) is 6.49. The number of benzene rings is 1. The van der Waals surface area contributed by atoms with E-state index in [9.17, 15) is 8.42 Å². The maximum Gasteiger partial charge on any atom is 0.243 e. The van der Waals surface area contributed by atoms with Crippen molar-refractivity contribution in [3.05, 3.63) is 29.3 Å². The van der Waals surface area contributed by atoms with Gasteiger partial charge in [0.1, 0.15) is 0 Å². The molecule has 0 aliphatic carbocycles. The van der Waals surface area contributed by atoms with Crippen molar-refractivity contribution < 1.29 is 8.42 Å². The van der Waals surface area contributed by atoms with E-state index in [1.54, 1.807) is 16.4 Å². The van der Waals surface area contributed by atoms with Crippen molar-refractivity contribution in [1.82, 2.24) is 4.31 Å². The average Bonchev–Trinajstić information content (AvgIpc) is 2.60. The van der Waals surface area contributed by atoms with Crippen LogP contribution in [0.15, 0.2) is 23.1 Å². The Hall–Kier alpha value is -0.230. The first kappa shape index (κ1) is 17.1. The lowest BCUT2D eigenvalue weighted by Gasteiger charge is -2.22. The third-order valence-electron chi connectivity index (χ3n) is 3.90. The van der Waals surface area contributed by atoms with Crippen molar-refractivity contribution in [2.24, 2.45) is 0 Å². The molecule has 0 saturated carbocycles. The van der Waals surface area contributed by atoms with Crippen molar-refractivity contribution >= 4 is 33.4 Å². The van der Waals surface area contributed by atoms with Gasteiger partial charge < -0.3 is 0 Å². The molecular formula is C15H22ClNO2S2. The zero-order valence-electron chi connectivity index (χ0n) is 12.7. The fourth-order valence-electron chi connectivity index (χ4n) is 2.34. The molecule has 0 unspecified atom stereocenters. The smallest absolute Gasteiger partial charge is 0.207 e. The predicted octanol–water partition coefficient (Wildman–Crippen LogP) is 3.64. The molecule has 1 aromatic carbocycles. The van der Waals surface area contributed by atoms with Gasteiger partial charge in [0.25, 0.3) is 0 Å². The van der Waals surface area contributed by atoms with Crippen LogP contribution in [-0.2, 0) is 15.9 Å². The molecule has 118 valence electrons. The molecule has 0 bridgehead atoms. The van der Waals surface area contributed by atoms with Crippen LogP contribution in [0.4, 0.5) is 0 Å². The van der Waals surface area contributed by atoms with Crippen molar-refractivity contribution in [2.75, 3.05) is 18.8 Å². The fourth-order valence-corrected chi connectivity index (χ4v) is 5.34. The molecule has 21 heavy (non-hydrogen) atoms. The highest BCUT2D eigenvalue weighted by molar-refractivity contribution is 8.00. The van der Waals surface area contributed by atoms with E-state index < -0.39 is 10.0 Å². The number of halogens is 1. The highest BCUT2D eigenvalue weighted by atomic mass is 35.5. The molecule has 0 spiro atoms. The number of sulfonamides is 1. The summed E-state index contributed by atoms with van der Waals surface area (Å²) in [5.74, 6) is 1.17. The molecule has 2 rings (SSSR count). The second-order valence-corrected chi connectivity index (χ2v) is 9.99. The second-order valence-electron chi connectivity index (χ2n) is 5.98. The van der Waals surface area contributed by atoms with Crippen molar-refractivity contribution in [3.8, 4) is 0 Å². The molecule has 1 aliphatic heterocycles. The summed E-state index contributed by atoms with van der Waals surface area (Å²) in [6, 6.07) is 5.23. The Morgan fingerprint density at radius 2 is 2.05 bits per heavy atom. The summed E-state index contributed by atoms with van der Waals surface area (Å²) in [4.78, 5) is 0.355. The first-order chi connectivity index (χ1) is 9.76. The van der Waals surface area contributed by atoms with Gasteiger partial charge in [-0.05, 0) is 36.6 Å². The zero-order valence-corrected chi connectivity index (χ0v) is 15.1. The molecule has 1 saturated heterocycles. The van der Waals surface area contributed by atoms with E-state index in [4.69, 9.17) is 11.6 Å². The van der Waals surface area contributed by atoms with Crippen molar-refractivity contribution in [1.29, 1.82) is 0 Å². The summed E-state index contributed by atoms with van der Waals surface area (Å²) in [5.41, 5.74) is 1.90. The predicted molar refractivity (Wildman–Crippen MR) is 90.6 cm³/mol. The Morgan fingerprint density at radius 3 is 2.71 bits per heavy atom. The summed E-state index contributed by atoms with van der Waals surface area (Å²) in [5, 5.41) is 0. The summed E-state index contributed by atoms with van der Waals surface area (Å²) in [6.07, 6.45) is 0.866. The molecule has 0 amide bonds. The van der Waals surface area contributed by atoms with Crippen LogP contribution in [0.1, 0.15) is 31.4 Å². The van der Waals surface area contributed by atoms with E-state index in [0.29, 0.717) is 23.9 Å². The monoisotopic (exact) mass is 347 g/mol. The highest BCUT2D eigenvalue weighted by Gasteiger charge is 2.30. The molecule has 0 atom stereocenters. The molecule has 0 N–H and O–H groups in total. The molecule has 6 heteroatoms. The van der Waals surface area contributed by atoms with E-state index >= 15 is 0 Å². The molecule has 1 aromatic rings. The number of aryl methyl sites for hydroxylation is 1. The van der Waals surface area contributed by atoms with Gasteiger partial charge in [-0.2, -0.15) is 16.1 Å². The fraction of sp³-hybridized carbons (Fsp3) is 0.600. The van der Waals surface area contributed by atoms with Gasteiger partial charge in [-0.1, -0.05) is 19.9 Å². The van der Waals surface area contributed by atoms with Gasteiger partial charge in [0.2, 0.25) is 10.0 Å². The van der Waals surface area contributed by atoms with Crippen LogP contribution in [0, 0.1) is 6.92 Å². The van der Waals surface area contributed by atoms with Gasteiger partial charge in [-0.3, -0.25) is 0 Å². The van der Waals surface area contributed by atoms with Crippen LogP contribution in [-0.4, -0.2) is 36.3 Å². The number of hydrogen-bond acceptors (Lipinski definition) is 3. The quantitative estimate of drug-likeness (QED) is 0.783. The van der Waals surface area contributed by atoms with Crippen molar-refractivity contribution in [3.63, 3.8) is 0 Å². The maximum atomic E-state index is 12.8. The minimum Gasteiger partial charge on any atom is -0.207 e. The van der Waals surface area contributed by atoms with E-state index in [1.165, 1.54) is 0 Å². The molecule has 0 radical (unpaired) electrons. The highest BCUT2D eigenvalue weighted by Crippen LogP contribution is 2.32. The number of nitrogens with zero attached hydrogens (tertiary/aromatic N) is 1. The number of alkyl halides is 1. The van der Waals surface area contributed by atoms with Gasteiger partial charge in [-0.25, -0.2) is 8.42 Å². The van der Waals surface area contributed by atoms with Gasteiger partial charge in [0, 0.05) is 29.5 Å². The summed E-state index contributed by atoms with van der Waals surface area (Å²) < 4.78 is 27.4. The maximum absolute atomic E-state index is 12.8. The Balaban J connectivity index is 2.29. The van der Waals surface area contributed by atoms with Gasteiger partial charge in [-0.15, -0.1) is 11.6 Å². The SMILES string of the molecule is Cc1ccc(S(=O)(=O)N2CCSC(C)(C)CC2)cc1CCl. The average molecular weight is 348 g/mol. The zero-order chi connectivity index (χ0) is 15.7. The van der Waals surface area contributed by atoms with Crippen LogP contribution in [0.3, 0.4) is 0 Å². The molecule has 1 aliphatic rings. The molecule has 0 aromatic heterocycles. The Labute approximate surface area is 137 Å². The first-order valence-corrected chi connectivity index (χ1v) is 10.0.